The number of carbonyl (C=O) groups is 2. The Bertz CT molecular complexity index is 1030. The molecule has 1 N–H and O–H groups in total. The molecule has 0 bridgehead atoms. The molecule has 0 aliphatic rings. The molecule has 208 valence electrons. The smallest absolute Gasteiger partial charge is 0.333 e. The molecule has 0 radical (unpaired) electrons. The standard InChI is InChI=1S/C28H47N5O3S/c1-6-11-16-31(17-12-7-2)25(34)22-21-33-24(29-27(30-28(33)36)37-20-15-10-5)23(22)26(35)32(18-13-8-3)19-14-9-4/h21H,6-20H2,1-5H3,(H,29,30,36). The third kappa shape index (κ3) is 8.62. The number of H-pyrrole nitrogens is 1. The van der Waals surface area contributed by atoms with Gasteiger partial charge < -0.3 is 9.80 Å². The predicted octanol–water partition coefficient (Wildman–Crippen LogP) is 6.00. The summed E-state index contributed by atoms with van der Waals surface area (Å²) >= 11 is 1.48. The minimum absolute atomic E-state index is 0.193. The average Bonchev–Trinajstić information content (AvgIpc) is 3.28. The molecular weight excluding hydrogens is 486 g/mol. The maximum Gasteiger partial charge on any atom is 0.333 e. The summed E-state index contributed by atoms with van der Waals surface area (Å²) in [5.41, 5.74) is 0.446. The van der Waals surface area contributed by atoms with Gasteiger partial charge in [0.15, 0.2) is 10.8 Å². The van der Waals surface area contributed by atoms with E-state index in [4.69, 9.17) is 4.98 Å². The normalized spacial score (nSPS) is 11.3. The molecule has 0 aliphatic carbocycles. The molecule has 0 spiro atoms. The number of fused-ring (bicyclic) bond motifs is 1. The van der Waals surface area contributed by atoms with Crippen molar-refractivity contribution in [3.8, 4) is 0 Å². The van der Waals surface area contributed by atoms with Gasteiger partial charge in [-0.2, -0.15) is 0 Å². The molecule has 2 heterocycles. The zero-order valence-electron chi connectivity index (χ0n) is 23.6. The first kappa shape index (κ1) is 30.9. The summed E-state index contributed by atoms with van der Waals surface area (Å²) < 4.78 is 1.35. The largest absolute Gasteiger partial charge is 0.339 e. The van der Waals surface area contributed by atoms with Gasteiger partial charge in [0, 0.05) is 38.1 Å². The number of amides is 2. The Balaban J connectivity index is 2.66. The second kappa shape index (κ2) is 16.5. The van der Waals surface area contributed by atoms with Crippen LogP contribution in [0.2, 0.25) is 0 Å². The summed E-state index contributed by atoms with van der Waals surface area (Å²) in [6.45, 7) is 13.0. The monoisotopic (exact) mass is 533 g/mol. The first-order chi connectivity index (χ1) is 17.9. The molecule has 2 aromatic rings. The highest BCUT2D eigenvalue weighted by atomic mass is 32.2. The highest BCUT2D eigenvalue weighted by molar-refractivity contribution is 7.99. The third-order valence-corrected chi connectivity index (χ3v) is 7.46. The Kier molecular flexibility index (Phi) is 13.8. The van der Waals surface area contributed by atoms with Crippen molar-refractivity contribution in [2.45, 2.75) is 104 Å². The number of hydrogen-bond acceptors (Lipinski definition) is 5. The summed E-state index contributed by atoms with van der Waals surface area (Å²) in [4.78, 5) is 52.3. The van der Waals surface area contributed by atoms with Crippen LogP contribution >= 0.6 is 11.8 Å². The van der Waals surface area contributed by atoms with Crippen LogP contribution in [0.5, 0.6) is 0 Å². The van der Waals surface area contributed by atoms with E-state index in [9.17, 15) is 14.4 Å². The number of aromatic nitrogens is 3. The van der Waals surface area contributed by atoms with Gasteiger partial charge in [0.25, 0.3) is 11.8 Å². The third-order valence-electron chi connectivity index (χ3n) is 6.50. The quantitative estimate of drug-likeness (QED) is 0.187. The van der Waals surface area contributed by atoms with Gasteiger partial charge in [-0.05, 0) is 32.1 Å². The molecule has 0 fully saturated rings. The van der Waals surface area contributed by atoms with E-state index >= 15 is 0 Å². The van der Waals surface area contributed by atoms with Gasteiger partial charge in [0.2, 0.25) is 0 Å². The molecule has 0 saturated carbocycles. The van der Waals surface area contributed by atoms with E-state index in [1.54, 1.807) is 0 Å². The molecule has 0 atom stereocenters. The van der Waals surface area contributed by atoms with Crippen molar-refractivity contribution in [2.24, 2.45) is 0 Å². The van der Waals surface area contributed by atoms with E-state index in [-0.39, 0.29) is 34.3 Å². The van der Waals surface area contributed by atoms with Crippen LogP contribution in [-0.2, 0) is 0 Å². The van der Waals surface area contributed by atoms with Gasteiger partial charge >= 0.3 is 5.69 Å². The van der Waals surface area contributed by atoms with E-state index < -0.39 is 0 Å². The zero-order valence-corrected chi connectivity index (χ0v) is 24.4. The maximum absolute atomic E-state index is 14.1. The SMILES string of the molecule is CCCCSc1nc2c(C(=O)N(CCCC)CCCC)c(C(=O)N(CCCC)CCCC)cn2c(=O)[nH]1. The van der Waals surface area contributed by atoms with Crippen LogP contribution in [0.1, 0.15) is 120 Å². The zero-order chi connectivity index (χ0) is 27.2. The van der Waals surface area contributed by atoms with Crippen LogP contribution in [0.4, 0.5) is 0 Å². The van der Waals surface area contributed by atoms with Crippen LogP contribution in [-0.4, -0.2) is 67.9 Å². The molecule has 0 saturated heterocycles. The second-order valence-corrected chi connectivity index (χ2v) is 10.7. The first-order valence-electron chi connectivity index (χ1n) is 14.3. The van der Waals surface area contributed by atoms with Crippen LogP contribution in [0.25, 0.3) is 5.65 Å². The Morgan fingerprint density at radius 3 is 1.78 bits per heavy atom. The number of rotatable bonds is 18. The van der Waals surface area contributed by atoms with Crippen LogP contribution < -0.4 is 5.69 Å². The van der Waals surface area contributed by atoms with E-state index in [1.807, 2.05) is 9.80 Å². The lowest BCUT2D eigenvalue weighted by molar-refractivity contribution is 0.0714. The van der Waals surface area contributed by atoms with Gasteiger partial charge in [-0.3, -0.25) is 19.0 Å². The number of aromatic amines is 1. The van der Waals surface area contributed by atoms with Crippen LogP contribution in [0.15, 0.2) is 16.1 Å². The van der Waals surface area contributed by atoms with E-state index in [1.165, 1.54) is 22.4 Å². The lowest BCUT2D eigenvalue weighted by atomic mass is 10.1. The van der Waals surface area contributed by atoms with Crippen molar-refractivity contribution in [1.82, 2.24) is 24.2 Å². The number of nitrogens with one attached hydrogen (secondary N) is 1. The molecule has 2 amide bonds. The highest BCUT2D eigenvalue weighted by Crippen LogP contribution is 2.24. The molecular formula is C28H47N5O3S. The fourth-order valence-corrected chi connectivity index (χ4v) is 5.08. The summed E-state index contributed by atoms with van der Waals surface area (Å²) in [5.74, 6) is 0.425. The second-order valence-electron chi connectivity index (χ2n) is 9.66. The van der Waals surface area contributed by atoms with Crippen molar-refractivity contribution in [3.05, 3.63) is 27.8 Å². The minimum Gasteiger partial charge on any atom is -0.339 e. The van der Waals surface area contributed by atoms with Crippen LogP contribution in [0, 0.1) is 0 Å². The number of hydrogen-bond donors (Lipinski definition) is 1. The number of unbranched alkanes of at least 4 members (excludes halogenated alkanes) is 5. The van der Waals surface area contributed by atoms with Gasteiger partial charge in [0.1, 0.15) is 0 Å². The van der Waals surface area contributed by atoms with Gasteiger partial charge in [-0.25, -0.2) is 9.78 Å². The summed E-state index contributed by atoms with van der Waals surface area (Å²) in [5, 5.41) is 0.486. The van der Waals surface area contributed by atoms with E-state index in [2.05, 4.69) is 39.6 Å². The molecule has 37 heavy (non-hydrogen) atoms. The lowest BCUT2D eigenvalue weighted by Gasteiger charge is -2.25. The first-order valence-corrected chi connectivity index (χ1v) is 15.3. The van der Waals surface area contributed by atoms with Crippen molar-refractivity contribution in [3.63, 3.8) is 0 Å². The molecule has 2 aromatic heterocycles. The number of nitrogens with zero attached hydrogens (tertiary/aromatic N) is 4. The van der Waals surface area contributed by atoms with Crippen molar-refractivity contribution >= 4 is 29.2 Å². The summed E-state index contributed by atoms with van der Waals surface area (Å²) in [6.07, 6.45) is 11.0. The topological polar surface area (TPSA) is 90.8 Å². The van der Waals surface area contributed by atoms with Gasteiger partial charge in [-0.15, -0.1) is 0 Å². The Hall–Kier alpha value is -2.29. The molecule has 2 rings (SSSR count). The van der Waals surface area contributed by atoms with Crippen molar-refractivity contribution in [2.75, 3.05) is 31.9 Å². The Morgan fingerprint density at radius 2 is 1.30 bits per heavy atom. The molecule has 8 nitrogen and oxygen atoms in total. The fourth-order valence-electron chi connectivity index (χ4n) is 4.14. The van der Waals surface area contributed by atoms with Crippen molar-refractivity contribution in [1.29, 1.82) is 0 Å². The minimum atomic E-state index is -0.376. The van der Waals surface area contributed by atoms with Gasteiger partial charge in [0.05, 0.1) is 11.1 Å². The molecule has 9 heteroatoms. The van der Waals surface area contributed by atoms with E-state index in [0.717, 1.165) is 70.0 Å². The Labute approximate surface area is 226 Å². The summed E-state index contributed by atoms with van der Waals surface area (Å²) in [7, 11) is 0. The van der Waals surface area contributed by atoms with Crippen LogP contribution in [0.3, 0.4) is 0 Å². The maximum atomic E-state index is 14.1. The highest BCUT2D eigenvalue weighted by Gasteiger charge is 2.30. The van der Waals surface area contributed by atoms with E-state index in [0.29, 0.717) is 31.3 Å². The fraction of sp³-hybridized carbons (Fsp3) is 0.714. The number of carbonyl (C=O) groups excluding carboxylic acids is 2. The van der Waals surface area contributed by atoms with Gasteiger partial charge in [-0.1, -0.05) is 78.5 Å². The molecule has 0 unspecified atom stereocenters. The Morgan fingerprint density at radius 1 is 0.811 bits per heavy atom. The summed E-state index contributed by atoms with van der Waals surface area (Å²) in [6, 6.07) is 0. The predicted molar refractivity (Wildman–Crippen MR) is 153 cm³/mol. The van der Waals surface area contributed by atoms with Crippen molar-refractivity contribution < 1.29 is 9.59 Å². The molecule has 0 aromatic carbocycles. The lowest BCUT2D eigenvalue weighted by Crippen LogP contribution is -2.37. The molecule has 0 aliphatic heterocycles. The average molecular weight is 534 g/mol. The number of thioether (sulfide) groups is 1.